The highest BCUT2D eigenvalue weighted by Crippen LogP contribution is 2.25. The Hall–Kier alpha value is -1.25. The Morgan fingerprint density at radius 2 is 1.89 bits per heavy atom. The normalized spacial score (nSPS) is 12.2. The van der Waals surface area contributed by atoms with E-state index in [1.807, 2.05) is 17.4 Å². The number of rotatable bonds is 4. The summed E-state index contributed by atoms with van der Waals surface area (Å²) < 4.78 is 0. The predicted molar refractivity (Wildman–Crippen MR) is 86.0 cm³/mol. The van der Waals surface area contributed by atoms with E-state index in [2.05, 4.69) is 67.8 Å². The summed E-state index contributed by atoms with van der Waals surface area (Å²) >= 11 is 3.60. The van der Waals surface area contributed by atoms with Crippen molar-refractivity contribution in [1.29, 1.82) is 0 Å². The number of thioether (sulfide) groups is 1. The van der Waals surface area contributed by atoms with E-state index in [1.54, 1.807) is 11.8 Å². The minimum atomic E-state index is 1.28. The van der Waals surface area contributed by atoms with Crippen LogP contribution in [0.15, 0.2) is 54.6 Å². The van der Waals surface area contributed by atoms with Gasteiger partial charge >= 0.3 is 0 Å². The molecular weight excluding hydrogens is 256 g/mol. The van der Waals surface area contributed by atoms with Gasteiger partial charge in [0.2, 0.25) is 0 Å². The molecule has 0 radical (unpaired) electrons. The van der Waals surface area contributed by atoms with Crippen LogP contribution < -0.4 is 0 Å². The number of hydrogen-bond acceptors (Lipinski definition) is 2. The molecule has 2 rings (SSSR count). The third kappa shape index (κ3) is 3.62. The Balaban J connectivity index is 2.14. The molecule has 0 N–H and O–H groups in total. The van der Waals surface area contributed by atoms with Gasteiger partial charge in [-0.3, -0.25) is 0 Å². The molecule has 2 heteroatoms. The summed E-state index contributed by atoms with van der Waals surface area (Å²) in [5.74, 6) is 0. The molecule has 0 amide bonds. The Morgan fingerprint density at radius 3 is 2.50 bits per heavy atom. The molecular formula is C16H16S2. The summed E-state index contributed by atoms with van der Waals surface area (Å²) in [6.45, 7) is 2.13. The molecule has 0 aliphatic heterocycles. The van der Waals surface area contributed by atoms with E-state index in [1.165, 1.54) is 20.2 Å². The molecule has 0 spiro atoms. The highest BCUT2D eigenvalue weighted by Gasteiger charge is 1.96. The summed E-state index contributed by atoms with van der Waals surface area (Å²) in [6, 6.07) is 14.8. The van der Waals surface area contributed by atoms with E-state index in [0.29, 0.717) is 0 Å². The Bertz CT molecular complexity index is 547. The van der Waals surface area contributed by atoms with Crippen LogP contribution >= 0.6 is 23.1 Å². The molecule has 0 saturated carbocycles. The lowest BCUT2D eigenvalue weighted by molar-refractivity contribution is 1.64. The molecule has 0 unspecified atom stereocenters. The van der Waals surface area contributed by atoms with E-state index in [4.69, 9.17) is 0 Å². The van der Waals surface area contributed by atoms with Gasteiger partial charge in [0.1, 0.15) is 0 Å². The number of thiophene rings is 1. The summed E-state index contributed by atoms with van der Waals surface area (Å²) in [5, 5.41) is 0. The van der Waals surface area contributed by atoms with Gasteiger partial charge in [-0.05, 0) is 43.0 Å². The van der Waals surface area contributed by atoms with Crippen molar-refractivity contribution >= 4 is 34.1 Å². The molecule has 0 aliphatic carbocycles. The molecule has 0 nitrogen and oxygen atoms in total. The van der Waals surface area contributed by atoms with Crippen molar-refractivity contribution in [2.45, 2.75) is 6.92 Å². The Morgan fingerprint density at radius 1 is 1.11 bits per heavy atom. The molecule has 0 fully saturated rings. The second-order valence-electron chi connectivity index (χ2n) is 3.91. The zero-order valence-electron chi connectivity index (χ0n) is 10.6. The molecule has 0 aliphatic rings. The van der Waals surface area contributed by atoms with Gasteiger partial charge in [-0.2, -0.15) is 0 Å². The highest BCUT2D eigenvalue weighted by molar-refractivity contribution is 8.07. The van der Waals surface area contributed by atoms with Crippen molar-refractivity contribution in [3.63, 3.8) is 0 Å². The minimum Gasteiger partial charge on any atom is -0.141 e. The summed E-state index contributed by atoms with van der Waals surface area (Å²) in [5.41, 5.74) is 1.28. The third-order valence-electron chi connectivity index (χ3n) is 2.55. The van der Waals surface area contributed by atoms with E-state index < -0.39 is 0 Å². The van der Waals surface area contributed by atoms with Crippen LogP contribution in [-0.2, 0) is 0 Å². The first-order chi connectivity index (χ1) is 8.79. The van der Waals surface area contributed by atoms with Crippen LogP contribution in [0, 0.1) is 6.92 Å². The number of aryl methyl sites for hydroxylation is 1. The van der Waals surface area contributed by atoms with Gasteiger partial charge in [0.05, 0.1) is 0 Å². The van der Waals surface area contributed by atoms with Crippen molar-refractivity contribution in [3.8, 4) is 0 Å². The van der Waals surface area contributed by atoms with Gasteiger partial charge in [0.25, 0.3) is 0 Å². The van der Waals surface area contributed by atoms with Crippen LogP contribution in [0.5, 0.6) is 0 Å². The number of allylic oxidation sites excluding steroid dienone is 2. The highest BCUT2D eigenvalue weighted by atomic mass is 32.2. The molecule has 2 aromatic rings. The lowest BCUT2D eigenvalue weighted by Gasteiger charge is -2.01. The lowest BCUT2D eigenvalue weighted by atomic mass is 10.2. The molecule has 18 heavy (non-hydrogen) atoms. The van der Waals surface area contributed by atoms with Crippen molar-refractivity contribution < 1.29 is 0 Å². The molecule has 0 bridgehead atoms. The fraction of sp³-hybridized carbons (Fsp3) is 0.125. The van der Waals surface area contributed by atoms with Crippen LogP contribution in [-0.4, -0.2) is 6.26 Å². The van der Waals surface area contributed by atoms with Crippen LogP contribution in [0.1, 0.15) is 15.3 Å². The fourth-order valence-electron chi connectivity index (χ4n) is 1.66. The molecule has 1 aromatic heterocycles. The SMILES string of the molecule is CS/C(=C\C=C\c1ccc(C)s1)c1ccccc1. The maximum Gasteiger partial charge on any atom is 0.0273 e. The largest absolute Gasteiger partial charge is 0.141 e. The maximum atomic E-state index is 2.18. The molecule has 1 aromatic carbocycles. The smallest absolute Gasteiger partial charge is 0.0273 e. The molecule has 92 valence electrons. The number of benzene rings is 1. The van der Waals surface area contributed by atoms with Crippen molar-refractivity contribution in [3.05, 3.63) is 69.9 Å². The zero-order valence-corrected chi connectivity index (χ0v) is 12.2. The molecule has 0 atom stereocenters. The van der Waals surface area contributed by atoms with Gasteiger partial charge in [0, 0.05) is 14.7 Å². The van der Waals surface area contributed by atoms with Gasteiger partial charge in [0.15, 0.2) is 0 Å². The van der Waals surface area contributed by atoms with E-state index in [-0.39, 0.29) is 0 Å². The minimum absolute atomic E-state index is 1.28. The first kappa shape index (κ1) is 13.2. The average Bonchev–Trinajstić information content (AvgIpc) is 2.81. The van der Waals surface area contributed by atoms with Crippen LogP contribution in [0.3, 0.4) is 0 Å². The van der Waals surface area contributed by atoms with Gasteiger partial charge in [-0.15, -0.1) is 23.1 Å². The van der Waals surface area contributed by atoms with Crippen LogP contribution in [0.25, 0.3) is 11.0 Å². The van der Waals surface area contributed by atoms with Crippen LogP contribution in [0.4, 0.5) is 0 Å². The summed E-state index contributed by atoms with van der Waals surface area (Å²) in [4.78, 5) is 3.95. The zero-order chi connectivity index (χ0) is 12.8. The van der Waals surface area contributed by atoms with Gasteiger partial charge in [-0.25, -0.2) is 0 Å². The Labute approximate surface area is 117 Å². The molecule has 0 saturated heterocycles. The number of hydrogen-bond donors (Lipinski definition) is 0. The monoisotopic (exact) mass is 272 g/mol. The van der Waals surface area contributed by atoms with Gasteiger partial charge < -0.3 is 0 Å². The van der Waals surface area contributed by atoms with E-state index in [0.717, 1.165) is 0 Å². The van der Waals surface area contributed by atoms with E-state index >= 15 is 0 Å². The van der Waals surface area contributed by atoms with Crippen LogP contribution in [0.2, 0.25) is 0 Å². The average molecular weight is 272 g/mol. The van der Waals surface area contributed by atoms with Crippen molar-refractivity contribution in [2.75, 3.05) is 6.26 Å². The van der Waals surface area contributed by atoms with E-state index in [9.17, 15) is 0 Å². The first-order valence-electron chi connectivity index (χ1n) is 5.84. The van der Waals surface area contributed by atoms with Gasteiger partial charge in [-0.1, -0.05) is 36.4 Å². The topological polar surface area (TPSA) is 0 Å². The Kier molecular flexibility index (Phi) is 4.85. The third-order valence-corrected chi connectivity index (χ3v) is 4.32. The quantitative estimate of drug-likeness (QED) is 0.665. The lowest BCUT2D eigenvalue weighted by Crippen LogP contribution is -1.76. The summed E-state index contributed by atoms with van der Waals surface area (Å²) in [7, 11) is 0. The first-order valence-corrected chi connectivity index (χ1v) is 7.88. The fourth-order valence-corrected chi connectivity index (χ4v) is 3.03. The summed E-state index contributed by atoms with van der Waals surface area (Å²) in [6.07, 6.45) is 8.58. The van der Waals surface area contributed by atoms with Crippen molar-refractivity contribution in [1.82, 2.24) is 0 Å². The second-order valence-corrected chi connectivity index (χ2v) is 6.08. The standard InChI is InChI=1S/C16H16S2/c1-13-11-12-15(18-13)9-6-10-16(17-2)14-7-4-3-5-8-14/h3-12H,1-2H3/b9-6+,16-10-. The maximum absolute atomic E-state index is 2.18. The van der Waals surface area contributed by atoms with Crippen molar-refractivity contribution in [2.24, 2.45) is 0 Å². The predicted octanol–water partition coefficient (Wildman–Crippen LogP) is 5.47. The second kappa shape index (κ2) is 6.62. The molecule has 1 heterocycles.